The molecule has 0 aromatic heterocycles. The molecule has 0 bridgehead atoms. The van der Waals surface area contributed by atoms with E-state index >= 15 is 0 Å². The molecule has 3 heteroatoms. The molecule has 0 atom stereocenters. The monoisotopic (exact) mass is 129 g/mol. The van der Waals surface area contributed by atoms with Crippen molar-refractivity contribution in [2.24, 2.45) is 10.8 Å². The number of hydrogen-bond acceptors (Lipinski definition) is 3. The Bertz CT molecular complexity index is 124. The second kappa shape index (κ2) is 2.62. The van der Waals surface area contributed by atoms with E-state index in [1.807, 2.05) is 20.8 Å². The smallest absolute Gasteiger partial charge is 0.160 e. The summed E-state index contributed by atoms with van der Waals surface area (Å²) in [6.45, 7) is 9.17. The van der Waals surface area contributed by atoms with Crippen molar-refractivity contribution in [2.45, 2.75) is 20.8 Å². The minimum Gasteiger partial charge on any atom is -0.329 e. The van der Waals surface area contributed by atoms with Crippen LogP contribution >= 0.6 is 0 Å². The molecule has 0 spiro atoms. The summed E-state index contributed by atoms with van der Waals surface area (Å²) < 4.78 is 0. The Balaban J connectivity index is 3.88. The fourth-order valence-corrected chi connectivity index (χ4v) is 0.182. The van der Waals surface area contributed by atoms with E-state index in [0.29, 0.717) is 5.76 Å². The van der Waals surface area contributed by atoms with Gasteiger partial charge in [0.15, 0.2) is 5.34 Å². The van der Waals surface area contributed by atoms with Gasteiger partial charge >= 0.3 is 0 Å². The van der Waals surface area contributed by atoms with Gasteiger partial charge < -0.3 is 4.84 Å². The Hall–Kier alpha value is -0.860. The summed E-state index contributed by atoms with van der Waals surface area (Å²) in [6.07, 6.45) is 0. The third-order valence-electron chi connectivity index (χ3n) is 0.984. The molecule has 52 valence electrons. The van der Waals surface area contributed by atoms with Crippen LogP contribution in [0.2, 0.25) is 0 Å². The summed E-state index contributed by atoms with van der Waals surface area (Å²) in [4.78, 5) is 13.8. The van der Waals surface area contributed by atoms with E-state index in [9.17, 15) is 4.91 Å². The van der Waals surface area contributed by atoms with Gasteiger partial charge in [0.2, 0.25) is 0 Å². The second-order valence-corrected chi connectivity index (χ2v) is 2.84. The zero-order chi connectivity index (χ0) is 7.49. The SMILES string of the molecule is C=C(ON=O)C(C)(C)C. The van der Waals surface area contributed by atoms with Crippen molar-refractivity contribution in [2.75, 3.05) is 0 Å². The molecule has 0 aliphatic heterocycles. The molecule has 0 aliphatic carbocycles. The lowest BCUT2D eigenvalue weighted by molar-refractivity contribution is 0.159. The first-order valence-electron chi connectivity index (χ1n) is 2.67. The number of rotatable bonds is 2. The molecule has 0 aliphatic rings. The van der Waals surface area contributed by atoms with Gasteiger partial charge in [-0.05, 0) is 0 Å². The standard InChI is InChI=1S/C6H11NO2/c1-5(9-7-8)6(2,3)4/h1H2,2-4H3. The maximum Gasteiger partial charge on any atom is 0.160 e. The molecule has 0 aromatic carbocycles. The van der Waals surface area contributed by atoms with Gasteiger partial charge in [0.1, 0.15) is 5.76 Å². The first-order chi connectivity index (χ1) is 3.98. The van der Waals surface area contributed by atoms with Crippen LogP contribution in [0.15, 0.2) is 17.7 Å². The molecular weight excluding hydrogens is 118 g/mol. The number of allylic oxidation sites excluding steroid dienone is 1. The molecule has 0 unspecified atom stereocenters. The zero-order valence-corrected chi connectivity index (χ0v) is 5.97. The van der Waals surface area contributed by atoms with Gasteiger partial charge in [0.25, 0.3) is 0 Å². The Morgan fingerprint density at radius 3 is 2.11 bits per heavy atom. The quantitative estimate of drug-likeness (QED) is 0.326. The van der Waals surface area contributed by atoms with Crippen molar-refractivity contribution in [3.63, 3.8) is 0 Å². The van der Waals surface area contributed by atoms with Crippen LogP contribution in [0.1, 0.15) is 20.8 Å². The van der Waals surface area contributed by atoms with Crippen LogP contribution in [-0.4, -0.2) is 0 Å². The van der Waals surface area contributed by atoms with Gasteiger partial charge in [-0.2, -0.15) is 0 Å². The third-order valence-corrected chi connectivity index (χ3v) is 0.984. The lowest BCUT2D eigenvalue weighted by Gasteiger charge is -2.16. The van der Waals surface area contributed by atoms with Crippen LogP contribution in [0.3, 0.4) is 0 Å². The topological polar surface area (TPSA) is 38.7 Å². The van der Waals surface area contributed by atoms with E-state index in [-0.39, 0.29) is 5.41 Å². The molecule has 0 saturated carbocycles. The summed E-state index contributed by atoms with van der Waals surface area (Å²) in [6, 6.07) is 0. The lowest BCUT2D eigenvalue weighted by atomic mass is 9.95. The van der Waals surface area contributed by atoms with Crippen molar-refractivity contribution in [1.29, 1.82) is 0 Å². The molecular formula is C6H11NO2. The lowest BCUT2D eigenvalue weighted by Crippen LogP contribution is -2.08. The fourth-order valence-electron chi connectivity index (χ4n) is 0.182. The van der Waals surface area contributed by atoms with Gasteiger partial charge in [-0.1, -0.05) is 27.4 Å². The molecule has 9 heavy (non-hydrogen) atoms. The van der Waals surface area contributed by atoms with E-state index in [4.69, 9.17) is 0 Å². The molecule has 0 aromatic rings. The maximum atomic E-state index is 9.53. The Labute approximate surface area is 54.6 Å². The van der Waals surface area contributed by atoms with Crippen LogP contribution in [0.4, 0.5) is 0 Å². The largest absolute Gasteiger partial charge is 0.329 e. The summed E-state index contributed by atoms with van der Waals surface area (Å²) in [5.41, 5.74) is -0.200. The van der Waals surface area contributed by atoms with Crippen LogP contribution in [0, 0.1) is 10.3 Å². The Morgan fingerprint density at radius 2 is 2.00 bits per heavy atom. The first kappa shape index (κ1) is 8.14. The van der Waals surface area contributed by atoms with Crippen molar-refractivity contribution in [3.8, 4) is 0 Å². The van der Waals surface area contributed by atoms with Crippen molar-refractivity contribution < 1.29 is 4.84 Å². The van der Waals surface area contributed by atoms with E-state index in [0.717, 1.165) is 0 Å². The zero-order valence-electron chi connectivity index (χ0n) is 5.97. The normalized spacial score (nSPS) is 10.6. The van der Waals surface area contributed by atoms with Crippen LogP contribution < -0.4 is 0 Å². The molecule has 0 radical (unpaired) electrons. The average molecular weight is 129 g/mol. The minimum absolute atomic E-state index is 0.200. The minimum atomic E-state index is -0.200. The highest BCUT2D eigenvalue weighted by molar-refractivity contribution is 4.94. The van der Waals surface area contributed by atoms with Gasteiger partial charge in [0.05, 0.1) is 0 Å². The second-order valence-electron chi connectivity index (χ2n) is 2.84. The predicted molar refractivity (Wildman–Crippen MR) is 35.5 cm³/mol. The van der Waals surface area contributed by atoms with Crippen molar-refractivity contribution >= 4 is 0 Å². The third kappa shape index (κ3) is 2.85. The summed E-state index contributed by atoms with van der Waals surface area (Å²) in [5.74, 6) is 0.387. The molecule has 0 saturated heterocycles. The molecule has 0 heterocycles. The highest BCUT2D eigenvalue weighted by Crippen LogP contribution is 2.23. The van der Waals surface area contributed by atoms with Crippen LogP contribution in [-0.2, 0) is 4.84 Å². The van der Waals surface area contributed by atoms with Crippen LogP contribution in [0.25, 0.3) is 0 Å². The highest BCUT2D eigenvalue weighted by atomic mass is 16.7. The maximum absolute atomic E-state index is 9.53. The van der Waals surface area contributed by atoms with Gasteiger partial charge in [-0.3, -0.25) is 0 Å². The van der Waals surface area contributed by atoms with E-state index < -0.39 is 0 Å². The average Bonchev–Trinajstić information content (AvgIpc) is 1.64. The molecule has 3 nitrogen and oxygen atoms in total. The molecule has 0 amide bonds. The number of nitrogens with zero attached hydrogens (tertiary/aromatic N) is 1. The van der Waals surface area contributed by atoms with Gasteiger partial charge in [0, 0.05) is 5.41 Å². The summed E-state index contributed by atoms with van der Waals surface area (Å²) in [5, 5.41) is 2.25. The summed E-state index contributed by atoms with van der Waals surface area (Å²) in [7, 11) is 0. The highest BCUT2D eigenvalue weighted by Gasteiger charge is 2.16. The Morgan fingerprint density at radius 1 is 1.56 bits per heavy atom. The predicted octanol–water partition coefficient (Wildman–Crippen LogP) is 2.24. The van der Waals surface area contributed by atoms with E-state index in [1.165, 1.54) is 0 Å². The summed E-state index contributed by atoms with van der Waals surface area (Å²) >= 11 is 0. The van der Waals surface area contributed by atoms with E-state index in [1.54, 1.807) is 0 Å². The Kier molecular flexibility index (Phi) is 2.37. The first-order valence-corrected chi connectivity index (χ1v) is 2.67. The molecule has 0 fully saturated rings. The van der Waals surface area contributed by atoms with Gasteiger partial charge in [-0.25, -0.2) is 0 Å². The van der Waals surface area contributed by atoms with Crippen molar-refractivity contribution in [3.05, 3.63) is 17.2 Å². The molecule has 0 rings (SSSR count). The fraction of sp³-hybridized carbons (Fsp3) is 0.667. The van der Waals surface area contributed by atoms with Gasteiger partial charge in [-0.15, -0.1) is 4.91 Å². The molecule has 0 N–H and O–H groups in total. The van der Waals surface area contributed by atoms with E-state index in [2.05, 4.69) is 16.8 Å². The van der Waals surface area contributed by atoms with Crippen LogP contribution in [0.5, 0.6) is 0 Å². The van der Waals surface area contributed by atoms with Crippen molar-refractivity contribution in [1.82, 2.24) is 0 Å². The number of hydrogen-bond donors (Lipinski definition) is 0.